The van der Waals surface area contributed by atoms with Gasteiger partial charge in [0.05, 0.1) is 0 Å². The molecule has 15 heavy (non-hydrogen) atoms. The van der Waals surface area contributed by atoms with E-state index in [1.807, 2.05) is 0 Å². The van der Waals surface area contributed by atoms with Crippen molar-refractivity contribution in [3.05, 3.63) is 41.5 Å². The Labute approximate surface area is 93.0 Å². The molecule has 0 spiro atoms. The number of unbranched alkanes of at least 4 members (excludes halogenated alkanes) is 1. The van der Waals surface area contributed by atoms with E-state index in [0.29, 0.717) is 5.92 Å². The fraction of sp³-hybridized carbons (Fsp3) is 0.467. The quantitative estimate of drug-likeness (QED) is 0.659. The van der Waals surface area contributed by atoms with Crippen LogP contribution in [0.25, 0.3) is 5.57 Å². The van der Waals surface area contributed by atoms with E-state index in [4.69, 9.17) is 0 Å². The van der Waals surface area contributed by atoms with Gasteiger partial charge >= 0.3 is 0 Å². The average molecular weight is 200 g/mol. The third-order valence-electron chi connectivity index (χ3n) is 3.36. The number of hydrogen-bond acceptors (Lipinski definition) is 0. The lowest BCUT2D eigenvalue weighted by atomic mass is 9.82. The van der Waals surface area contributed by atoms with Crippen molar-refractivity contribution in [2.45, 2.75) is 45.4 Å². The minimum absolute atomic E-state index is 0.701. The highest BCUT2D eigenvalue weighted by molar-refractivity contribution is 5.70. The lowest BCUT2D eigenvalue weighted by Crippen LogP contribution is -2.03. The molecule has 0 heteroatoms. The van der Waals surface area contributed by atoms with Crippen molar-refractivity contribution < 1.29 is 0 Å². The molecule has 0 heterocycles. The molecule has 0 nitrogen and oxygen atoms in total. The number of fused-ring (bicyclic) bond motifs is 1. The third kappa shape index (κ3) is 2.14. The van der Waals surface area contributed by atoms with Crippen molar-refractivity contribution in [3.63, 3.8) is 0 Å². The van der Waals surface area contributed by atoms with Gasteiger partial charge in [0.15, 0.2) is 0 Å². The first kappa shape index (κ1) is 10.5. The maximum Gasteiger partial charge on any atom is -0.0150 e. The van der Waals surface area contributed by atoms with E-state index in [0.717, 1.165) is 0 Å². The molecule has 0 saturated carbocycles. The van der Waals surface area contributed by atoms with Crippen LogP contribution in [-0.4, -0.2) is 0 Å². The molecule has 0 N–H and O–H groups in total. The van der Waals surface area contributed by atoms with E-state index < -0.39 is 0 Å². The number of allylic oxidation sites excluding steroid dienone is 2. The molecule has 1 aromatic carbocycles. The number of rotatable bonds is 3. The summed E-state index contributed by atoms with van der Waals surface area (Å²) in [6.07, 6.45) is 7.52. The molecule has 2 rings (SSSR count). The van der Waals surface area contributed by atoms with E-state index in [-0.39, 0.29) is 0 Å². The fourth-order valence-corrected chi connectivity index (χ4v) is 2.38. The number of hydrogen-bond donors (Lipinski definition) is 0. The molecule has 0 radical (unpaired) electrons. The SMILES string of the molecule is CCCCC1=CCC(C)c2ccccc21. The largest absolute Gasteiger partial charge is 0.0801 e. The molecular formula is C15H20. The predicted molar refractivity (Wildman–Crippen MR) is 67.0 cm³/mol. The van der Waals surface area contributed by atoms with Gasteiger partial charge in [0.25, 0.3) is 0 Å². The van der Waals surface area contributed by atoms with Crippen LogP contribution in [0, 0.1) is 0 Å². The molecule has 80 valence electrons. The molecule has 1 aliphatic rings. The Morgan fingerprint density at radius 2 is 2.07 bits per heavy atom. The summed E-state index contributed by atoms with van der Waals surface area (Å²) in [7, 11) is 0. The molecule has 0 aliphatic heterocycles. The van der Waals surface area contributed by atoms with Crippen LogP contribution in [0.2, 0.25) is 0 Å². The summed E-state index contributed by atoms with van der Waals surface area (Å²) in [6, 6.07) is 8.90. The topological polar surface area (TPSA) is 0 Å². The second-order valence-corrected chi connectivity index (χ2v) is 4.56. The van der Waals surface area contributed by atoms with Crippen molar-refractivity contribution in [2.24, 2.45) is 0 Å². The van der Waals surface area contributed by atoms with Crippen LogP contribution in [0.4, 0.5) is 0 Å². The molecule has 1 aliphatic carbocycles. The summed E-state index contributed by atoms with van der Waals surface area (Å²) < 4.78 is 0. The van der Waals surface area contributed by atoms with Crippen LogP contribution >= 0.6 is 0 Å². The van der Waals surface area contributed by atoms with Crippen molar-refractivity contribution in [3.8, 4) is 0 Å². The summed E-state index contributed by atoms with van der Waals surface area (Å²) in [4.78, 5) is 0. The first-order valence-electron chi connectivity index (χ1n) is 6.11. The predicted octanol–water partition coefficient (Wildman–Crippen LogP) is 4.77. The number of benzene rings is 1. The molecule has 0 saturated heterocycles. The monoisotopic (exact) mass is 200 g/mol. The minimum Gasteiger partial charge on any atom is -0.0801 e. The van der Waals surface area contributed by atoms with Crippen molar-refractivity contribution >= 4 is 5.57 Å². The molecule has 1 aromatic rings. The van der Waals surface area contributed by atoms with Gasteiger partial charge in [-0.05, 0) is 41.9 Å². The molecule has 1 atom stereocenters. The molecule has 0 amide bonds. The van der Waals surface area contributed by atoms with Gasteiger partial charge in [-0.1, -0.05) is 50.6 Å². The van der Waals surface area contributed by atoms with Gasteiger partial charge in [0, 0.05) is 0 Å². The minimum atomic E-state index is 0.701. The van der Waals surface area contributed by atoms with Gasteiger partial charge in [0.1, 0.15) is 0 Å². The fourth-order valence-electron chi connectivity index (χ4n) is 2.38. The van der Waals surface area contributed by atoms with Crippen LogP contribution < -0.4 is 0 Å². The van der Waals surface area contributed by atoms with Gasteiger partial charge in [-0.3, -0.25) is 0 Å². The van der Waals surface area contributed by atoms with Crippen LogP contribution in [0.1, 0.15) is 56.6 Å². The molecule has 0 fully saturated rings. The second kappa shape index (κ2) is 4.65. The van der Waals surface area contributed by atoms with Crippen LogP contribution in [0.15, 0.2) is 30.3 Å². The van der Waals surface area contributed by atoms with E-state index in [1.165, 1.54) is 31.2 Å². The van der Waals surface area contributed by atoms with Crippen molar-refractivity contribution in [2.75, 3.05) is 0 Å². The summed E-state index contributed by atoms with van der Waals surface area (Å²) in [5.41, 5.74) is 4.63. The Balaban J connectivity index is 2.28. The van der Waals surface area contributed by atoms with Crippen molar-refractivity contribution in [1.82, 2.24) is 0 Å². The molecule has 0 bridgehead atoms. The summed E-state index contributed by atoms with van der Waals surface area (Å²) in [5, 5.41) is 0. The van der Waals surface area contributed by atoms with E-state index in [9.17, 15) is 0 Å². The van der Waals surface area contributed by atoms with E-state index in [2.05, 4.69) is 44.2 Å². The maximum atomic E-state index is 2.45. The molecular weight excluding hydrogens is 180 g/mol. The van der Waals surface area contributed by atoms with Crippen molar-refractivity contribution in [1.29, 1.82) is 0 Å². The lowest BCUT2D eigenvalue weighted by Gasteiger charge is -2.22. The molecule has 0 aromatic heterocycles. The van der Waals surface area contributed by atoms with Gasteiger partial charge < -0.3 is 0 Å². The van der Waals surface area contributed by atoms with Gasteiger partial charge in [-0.25, -0.2) is 0 Å². The second-order valence-electron chi connectivity index (χ2n) is 4.56. The Kier molecular flexibility index (Phi) is 3.25. The Morgan fingerprint density at radius 1 is 1.27 bits per heavy atom. The summed E-state index contributed by atoms with van der Waals surface area (Å²) in [5.74, 6) is 0.701. The highest BCUT2D eigenvalue weighted by atomic mass is 14.2. The first-order chi connectivity index (χ1) is 7.33. The Hall–Kier alpha value is -1.04. The zero-order valence-corrected chi connectivity index (χ0v) is 9.79. The van der Waals surface area contributed by atoms with Gasteiger partial charge in [-0.2, -0.15) is 0 Å². The molecule has 1 unspecified atom stereocenters. The highest BCUT2D eigenvalue weighted by Crippen LogP contribution is 2.35. The summed E-state index contributed by atoms with van der Waals surface area (Å²) in [6.45, 7) is 4.59. The smallest absolute Gasteiger partial charge is 0.0150 e. The van der Waals surface area contributed by atoms with Gasteiger partial charge in [0.2, 0.25) is 0 Å². The van der Waals surface area contributed by atoms with Gasteiger partial charge in [-0.15, -0.1) is 0 Å². The van der Waals surface area contributed by atoms with E-state index >= 15 is 0 Å². The highest BCUT2D eigenvalue weighted by Gasteiger charge is 2.16. The maximum absolute atomic E-state index is 2.45. The zero-order valence-electron chi connectivity index (χ0n) is 9.79. The summed E-state index contributed by atoms with van der Waals surface area (Å²) >= 11 is 0. The van der Waals surface area contributed by atoms with Crippen LogP contribution in [0.3, 0.4) is 0 Å². The average Bonchev–Trinajstić information content (AvgIpc) is 2.29. The third-order valence-corrected chi connectivity index (χ3v) is 3.36. The van der Waals surface area contributed by atoms with Crippen LogP contribution in [0.5, 0.6) is 0 Å². The standard InChI is InChI=1S/C15H20/c1-3-4-7-13-11-10-12(2)14-8-5-6-9-15(13)14/h5-6,8-9,11-12H,3-4,7,10H2,1-2H3. The Bertz CT molecular complexity index is 360. The zero-order chi connectivity index (χ0) is 10.7. The first-order valence-corrected chi connectivity index (χ1v) is 6.11. The van der Waals surface area contributed by atoms with E-state index in [1.54, 1.807) is 11.1 Å². The Morgan fingerprint density at radius 3 is 2.87 bits per heavy atom. The van der Waals surface area contributed by atoms with Crippen LogP contribution in [-0.2, 0) is 0 Å². The normalized spacial score (nSPS) is 19.6. The lowest BCUT2D eigenvalue weighted by molar-refractivity contribution is 0.752.